The SMILES string of the molecule is Cc1cccc(C(C#Cc2ccc(CO)cc2-c2ccco2)Cc2ccc(C)c(C)c2)c1. The van der Waals surface area contributed by atoms with Crippen molar-refractivity contribution in [2.75, 3.05) is 0 Å². The molecule has 2 nitrogen and oxygen atoms in total. The lowest BCUT2D eigenvalue weighted by atomic mass is 9.90. The van der Waals surface area contributed by atoms with Crippen LogP contribution >= 0.6 is 0 Å². The Labute approximate surface area is 190 Å². The normalized spacial score (nSPS) is 11.6. The standard InChI is InChI=1S/C30H28O2/c1-21-6-4-7-27(16-21)28(18-24-10-9-22(2)23(3)17-24)14-13-26-12-11-25(20-31)19-29(26)30-8-5-15-32-30/h4-12,15-17,19,28,31H,18,20H2,1-3H3. The van der Waals surface area contributed by atoms with Crippen LogP contribution in [0.2, 0.25) is 0 Å². The van der Waals surface area contributed by atoms with Crippen molar-refractivity contribution in [3.63, 3.8) is 0 Å². The molecule has 0 bridgehead atoms. The molecule has 2 heteroatoms. The summed E-state index contributed by atoms with van der Waals surface area (Å²) in [6.07, 6.45) is 2.51. The number of furan rings is 1. The fourth-order valence-corrected chi connectivity index (χ4v) is 3.90. The molecule has 4 aromatic rings. The predicted octanol–water partition coefficient (Wildman–Crippen LogP) is 6.74. The Kier molecular flexibility index (Phi) is 6.59. The lowest BCUT2D eigenvalue weighted by Gasteiger charge is -2.14. The molecule has 1 N–H and O–H groups in total. The van der Waals surface area contributed by atoms with E-state index in [1.807, 2.05) is 30.3 Å². The van der Waals surface area contributed by atoms with E-state index >= 15 is 0 Å². The monoisotopic (exact) mass is 420 g/mol. The highest BCUT2D eigenvalue weighted by Crippen LogP contribution is 2.27. The Morgan fingerprint density at radius 1 is 0.844 bits per heavy atom. The fraction of sp³-hybridized carbons (Fsp3) is 0.200. The molecule has 1 unspecified atom stereocenters. The molecule has 0 radical (unpaired) electrons. The van der Waals surface area contributed by atoms with E-state index in [1.54, 1.807) is 6.26 Å². The molecule has 0 aliphatic rings. The number of benzene rings is 3. The molecular formula is C30H28O2. The summed E-state index contributed by atoms with van der Waals surface area (Å²) in [5.74, 6) is 7.80. The van der Waals surface area contributed by atoms with Gasteiger partial charge in [0.05, 0.1) is 12.9 Å². The maximum Gasteiger partial charge on any atom is 0.135 e. The number of hydrogen-bond donors (Lipinski definition) is 1. The molecule has 0 aliphatic heterocycles. The van der Waals surface area contributed by atoms with Crippen molar-refractivity contribution in [3.8, 4) is 23.2 Å². The summed E-state index contributed by atoms with van der Waals surface area (Å²) in [4.78, 5) is 0. The van der Waals surface area contributed by atoms with E-state index in [0.717, 1.165) is 28.9 Å². The van der Waals surface area contributed by atoms with E-state index in [0.29, 0.717) is 0 Å². The van der Waals surface area contributed by atoms with Crippen molar-refractivity contribution in [1.82, 2.24) is 0 Å². The van der Waals surface area contributed by atoms with Crippen LogP contribution in [0.15, 0.2) is 83.5 Å². The van der Waals surface area contributed by atoms with Gasteiger partial charge in [-0.15, -0.1) is 0 Å². The lowest BCUT2D eigenvalue weighted by Crippen LogP contribution is -2.02. The van der Waals surface area contributed by atoms with Crippen molar-refractivity contribution in [2.45, 2.75) is 39.7 Å². The number of aliphatic hydroxyl groups is 1. The second-order valence-corrected chi connectivity index (χ2v) is 8.37. The molecule has 0 saturated heterocycles. The van der Waals surface area contributed by atoms with E-state index < -0.39 is 0 Å². The third-order valence-corrected chi connectivity index (χ3v) is 5.89. The van der Waals surface area contributed by atoms with Crippen LogP contribution in [0.5, 0.6) is 0 Å². The third kappa shape index (κ3) is 5.02. The Balaban J connectivity index is 1.75. The molecule has 0 spiro atoms. The first kappa shape index (κ1) is 21.7. The van der Waals surface area contributed by atoms with Gasteiger partial charge < -0.3 is 9.52 Å². The van der Waals surface area contributed by atoms with Crippen molar-refractivity contribution in [3.05, 3.63) is 118 Å². The first-order valence-corrected chi connectivity index (χ1v) is 11.0. The van der Waals surface area contributed by atoms with E-state index in [9.17, 15) is 5.11 Å². The molecule has 4 rings (SSSR count). The Hall–Kier alpha value is -3.54. The minimum Gasteiger partial charge on any atom is -0.464 e. The van der Waals surface area contributed by atoms with Crippen LogP contribution in [0.3, 0.4) is 0 Å². The zero-order chi connectivity index (χ0) is 22.5. The van der Waals surface area contributed by atoms with E-state index in [4.69, 9.17) is 4.42 Å². The zero-order valence-corrected chi connectivity index (χ0v) is 18.9. The number of hydrogen-bond acceptors (Lipinski definition) is 2. The van der Waals surface area contributed by atoms with E-state index in [1.165, 1.54) is 27.8 Å². The van der Waals surface area contributed by atoms with Gasteiger partial charge in [0.15, 0.2) is 0 Å². The summed E-state index contributed by atoms with van der Waals surface area (Å²) in [6, 6.07) is 24.9. The van der Waals surface area contributed by atoms with Crippen molar-refractivity contribution in [1.29, 1.82) is 0 Å². The van der Waals surface area contributed by atoms with Crippen LogP contribution in [0.25, 0.3) is 11.3 Å². The van der Waals surface area contributed by atoms with Gasteiger partial charge in [-0.2, -0.15) is 0 Å². The maximum atomic E-state index is 9.58. The first-order chi connectivity index (χ1) is 15.5. The highest BCUT2D eigenvalue weighted by molar-refractivity contribution is 5.68. The summed E-state index contributed by atoms with van der Waals surface area (Å²) in [6.45, 7) is 6.40. The summed E-state index contributed by atoms with van der Waals surface area (Å²) in [5, 5.41) is 9.58. The lowest BCUT2D eigenvalue weighted by molar-refractivity contribution is 0.282. The largest absolute Gasteiger partial charge is 0.464 e. The zero-order valence-electron chi connectivity index (χ0n) is 18.9. The number of rotatable bonds is 5. The molecule has 0 aliphatic carbocycles. The highest BCUT2D eigenvalue weighted by Gasteiger charge is 2.12. The minimum absolute atomic E-state index is 0.0138. The number of aryl methyl sites for hydroxylation is 3. The van der Waals surface area contributed by atoms with Crippen molar-refractivity contribution in [2.24, 2.45) is 0 Å². The smallest absolute Gasteiger partial charge is 0.135 e. The average Bonchev–Trinajstić information content (AvgIpc) is 3.34. The van der Waals surface area contributed by atoms with Crippen LogP contribution in [-0.4, -0.2) is 5.11 Å². The molecule has 3 aromatic carbocycles. The Morgan fingerprint density at radius 2 is 1.69 bits per heavy atom. The summed E-state index contributed by atoms with van der Waals surface area (Å²) < 4.78 is 5.64. The molecule has 32 heavy (non-hydrogen) atoms. The summed E-state index contributed by atoms with van der Waals surface area (Å²) in [5.41, 5.74) is 9.00. The van der Waals surface area contributed by atoms with E-state index in [2.05, 4.69) is 75.1 Å². The summed E-state index contributed by atoms with van der Waals surface area (Å²) >= 11 is 0. The van der Waals surface area contributed by atoms with Gasteiger partial charge in [-0.1, -0.05) is 65.9 Å². The second-order valence-electron chi connectivity index (χ2n) is 8.37. The first-order valence-electron chi connectivity index (χ1n) is 11.0. The Morgan fingerprint density at radius 3 is 2.41 bits per heavy atom. The molecule has 1 atom stereocenters. The van der Waals surface area contributed by atoms with Gasteiger partial charge in [-0.05, 0) is 79.3 Å². The highest BCUT2D eigenvalue weighted by atomic mass is 16.3. The van der Waals surface area contributed by atoms with Gasteiger partial charge in [0.25, 0.3) is 0 Å². The van der Waals surface area contributed by atoms with Crippen LogP contribution in [0.4, 0.5) is 0 Å². The Bertz CT molecular complexity index is 1270. The van der Waals surface area contributed by atoms with Crippen LogP contribution in [0, 0.1) is 32.6 Å². The van der Waals surface area contributed by atoms with Gasteiger partial charge in [0.2, 0.25) is 0 Å². The van der Waals surface area contributed by atoms with Crippen molar-refractivity contribution < 1.29 is 9.52 Å². The molecule has 1 aromatic heterocycles. The average molecular weight is 421 g/mol. The fourth-order valence-electron chi connectivity index (χ4n) is 3.90. The van der Waals surface area contributed by atoms with Gasteiger partial charge in [-0.3, -0.25) is 0 Å². The number of aliphatic hydroxyl groups excluding tert-OH is 1. The summed E-state index contributed by atoms with van der Waals surface area (Å²) in [7, 11) is 0. The maximum absolute atomic E-state index is 9.58. The minimum atomic E-state index is -0.0138. The predicted molar refractivity (Wildman–Crippen MR) is 130 cm³/mol. The van der Waals surface area contributed by atoms with Gasteiger partial charge in [0, 0.05) is 17.0 Å². The van der Waals surface area contributed by atoms with Crippen LogP contribution < -0.4 is 0 Å². The van der Waals surface area contributed by atoms with E-state index in [-0.39, 0.29) is 12.5 Å². The molecule has 160 valence electrons. The molecule has 0 fully saturated rings. The molecular weight excluding hydrogens is 392 g/mol. The molecule has 1 heterocycles. The third-order valence-electron chi connectivity index (χ3n) is 5.89. The van der Waals surface area contributed by atoms with Crippen molar-refractivity contribution >= 4 is 0 Å². The molecule has 0 saturated carbocycles. The van der Waals surface area contributed by atoms with Gasteiger partial charge in [-0.25, -0.2) is 0 Å². The second kappa shape index (κ2) is 9.73. The van der Waals surface area contributed by atoms with Crippen LogP contribution in [0.1, 0.15) is 44.9 Å². The van der Waals surface area contributed by atoms with Gasteiger partial charge in [0.1, 0.15) is 5.76 Å². The van der Waals surface area contributed by atoms with Gasteiger partial charge >= 0.3 is 0 Å². The topological polar surface area (TPSA) is 33.4 Å². The molecule has 0 amide bonds. The quantitative estimate of drug-likeness (QED) is 0.363. The van der Waals surface area contributed by atoms with Crippen LogP contribution in [-0.2, 0) is 13.0 Å².